The average Bonchev–Trinajstić information content (AvgIpc) is 2.83. The van der Waals surface area contributed by atoms with Gasteiger partial charge in [-0.1, -0.05) is 12.1 Å². The summed E-state index contributed by atoms with van der Waals surface area (Å²) in [4.78, 5) is 19.9. The van der Waals surface area contributed by atoms with E-state index in [9.17, 15) is 4.79 Å². The number of amides is 1. The molecular weight excluding hydrogens is 268 g/mol. The second-order valence-corrected chi connectivity index (χ2v) is 4.60. The van der Waals surface area contributed by atoms with Crippen molar-refractivity contribution in [3.63, 3.8) is 0 Å². The van der Waals surface area contributed by atoms with E-state index < -0.39 is 0 Å². The van der Waals surface area contributed by atoms with Crippen molar-refractivity contribution in [2.75, 3.05) is 12.8 Å². The monoisotopic (exact) mass is 282 g/mol. The zero-order valence-electron chi connectivity index (χ0n) is 11.7. The summed E-state index contributed by atoms with van der Waals surface area (Å²) in [5, 5.41) is 7.85. The molecule has 0 bridgehead atoms. The predicted molar refractivity (Wildman–Crippen MR) is 79.5 cm³/mol. The summed E-state index contributed by atoms with van der Waals surface area (Å²) in [6.07, 6.45) is 1.65. The van der Waals surface area contributed by atoms with Crippen LogP contribution in [0.1, 0.15) is 10.4 Å². The SMILES string of the molecule is CNC(=O)c1cccc(-c2nn(C)c3nc(N)ncc23)c1. The molecule has 1 amide bonds. The first-order valence-corrected chi connectivity index (χ1v) is 6.38. The molecule has 0 saturated heterocycles. The average molecular weight is 282 g/mol. The molecule has 2 heterocycles. The number of benzene rings is 1. The highest BCUT2D eigenvalue weighted by Crippen LogP contribution is 2.27. The Morgan fingerprint density at radius 3 is 2.95 bits per heavy atom. The fourth-order valence-electron chi connectivity index (χ4n) is 2.22. The summed E-state index contributed by atoms with van der Waals surface area (Å²) in [5.41, 5.74) is 8.39. The van der Waals surface area contributed by atoms with E-state index in [0.717, 1.165) is 16.6 Å². The quantitative estimate of drug-likeness (QED) is 0.729. The molecule has 2 aromatic heterocycles. The Morgan fingerprint density at radius 2 is 2.19 bits per heavy atom. The Balaban J connectivity index is 2.19. The van der Waals surface area contributed by atoms with E-state index in [1.54, 1.807) is 37.1 Å². The summed E-state index contributed by atoms with van der Waals surface area (Å²) in [7, 11) is 3.39. The number of hydrogen-bond acceptors (Lipinski definition) is 5. The number of nitrogens with one attached hydrogen (secondary N) is 1. The van der Waals surface area contributed by atoms with Gasteiger partial charge in [-0.2, -0.15) is 10.1 Å². The number of aryl methyl sites for hydroxylation is 1. The molecule has 0 unspecified atom stereocenters. The van der Waals surface area contributed by atoms with E-state index in [1.165, 1.54) is 0 Å². The third-order valence-electron chi connectivity index (χ3n) is 3.22. The summed E-state index contributed by atoms with van der Waals surface area (Å²) in [6.45, 7) is 0. The van der Waals surface area contributed by atoms with Crippen LogP contribution in [0.15, 0.2) is 30.5 Å². The maximum absolute atomic E-state index is 11.7. The standard InChI is InChI=1S/C14H14N6O/c1-16-13(21)9-5-3-4-8(6-9)11-10-7-17-14(15)18-12(10)20(2)19-11/h3-7H,1-2H3,(H,16,21)(H2,15,17,18). The molecule has 7 nitrogen and oxygen atoms in total. The molecular formula is C14H14N6O. The molecule has 7 heteroatoms. The van der Waals surface area contributed by atoms with Crippen LogP contribution in [0.5, 0.6) is 0 Å². The van der Waals surface area contributed by atoms with Gasteiger partial charge in [-0.05, 0) is 12.1 Å². The van der Waals surface area contributed by atoms with E-state index in [-0.39, 0.29) is 11.9 Å². The number of rotatable bonds is 2. The molecule has 21 heavy (non-hydrogen) atoms. The van der Waals surface area contributed by atoms with Crippen molar-refractivity contribution in [3.05, 3.63) is 36.0 Å². The Bertz CT molecular complexity index is 839. The van der Waals surface area contributed by atoms with Gasteiger partial charge in [0.25, 0.3) is 5.91 Å². The van der Waals surface area contributed by atoms with E-state index in [4.69, 9.17) is 5.73 Å². The van der Waals surface area contributed by atoms with Crippen LogP contribution in [0.2, 0.25) is 0 Å². The molecule has 3 rings (SSSR count). The number of nitrogen functional groups attached to an aromatic ring is 1. The summed E-state index contributed by atoms with van der Waals surface area (Å²) >= 11 is 0. The van der Waals surface area contributed by atoms with Crippen LogP contribution in [0.3, 0.4) is 0 Å². The molecule has 0 aliphatic carbocycles. The lowest BCUT2D eigenvalue weighted by molar-refractivity contribution is 0.0963. The van der Waals surface area contributed by atoms with Crippen LogP contribution < -0.4 is 11.1 Å². The number of carbonyl (C=O) groups is 1. The molecule has 1 aromatic carbocycles. The number of nitrogens with two attached hydrogens (primary N) is 1. The third kappa shape index (κ3) is 2.18. The largest absolute Gasteiger partial charge is 0.368 e. The fraction of sp³-hybridized carbons (Fsp3) is 0.143. The topological polar surface area (TPSA) is 98.7 Å². The first-order chi connectivity index (χ1) is 10.1. The number of carbonyl (C=O) groups excluding carboxylic acids is 1. The lowest BCUT2D eigenvalue weighted by Gasteiger charge is -2.02. The Kier molecular flexibility index (Phi) is 3.02. The van der Waals surface area contributed by atoms with Crippen molar-refractivity contribution >= 4 is 22.9 Å². The van der Waals surface area contributed by atoms with Crippen molar-refractivity contribution in [2.24, 2.45) is 7.05 Å². The Hall–Kier alpha value is -2.96. The minimum atomic E-state index is -0.141. The third-order valence-corrected chi connectivity index (χ3v) is 3.22. The van der Waals surface area contributed by atoms with E-state index >= 15 is 0 Å². The molecule has 0 radical (unpaired) electrons. The van der Waals surface area contributed by atoms with Crippen LogP contribution in [-0.2, 0) is 7.05 Å². The summed E-state index contributed by atoms with van der Waals surface area (Å²) < 4.78 is 1.65. The molecule has 3 N–H and O–H groups in total. The summed E-state index contributed by atoms with van der Waals surface area (Å²) in [5.74, 6) is 0.0637. The van der Waals surface area contributed by atoms with Crippen molar-refractivity contribution in [2.45, 2.75) is 0 Å². The first kappa shape index (κ1) is 13.0. The van der Waals surface area contributed by atoms with Gasteiger partial charge in [-0.25, -0.2) is 9.67 Å². The van der Waals surface area contributed by atoms with Crippen molar-refractivity contribution in [1.82, 2.24) is 25.1 Å². The Labute approximate surface area is 120 Å². The smallest absolute Gasteiger partial charge is 0.251 e. The van der Waals surface area contributed by atoms with Crippen molar-refractivity contribution in [1.29, 1.82) is 0 Å². The highest BCUT2D eigenvalue weighted by Gasteiger charge is 2.14. The van der Waals surface area contributed by atoms with Crippen molar-refractivity contribution < 1.29 is 4.79 Å². The lowest BCUT2D eigenvalue weighted by atomic mass is 10.1. The fourth-order valence-corrected chi connectivity index (χ4v) is 2.22. The Morgan fingerprint density at radius 1 is 1.38 bits per heavy atom. The van der Waals surface area contributed by atoms with E-state index in [0.29, 0.717) is 11.2 Å². The summed E-state index contributed by atoms with van der Waals surface area (Å²) in [6, 6.07) is 7.25. The number of fused-ring (bicyclic) bond motifs is 1. The van der Waals surface area contributed by atoms with Gasteiger partial charge in [0.05, 0.1) is 5.39 Å². The van der Waals surface area contributed by atoms with Crippen LogP contribution in [0, 0.1) is 0 Å². The maximum atomic E-state index is 11.7. The van der Waals surface area contributed by atoms with Crippen LogP contribution in [-0.4, -0.2) is 32.7 Å². The maximum Gasteiger partial charge on any atom is 0.251 e. The number of aromatic nitrogens is 4. The molecule has 106 valence electrons. The van der Waals surface area contributed by atoms with Gasteiger partial charge in [0.1, 0.15) is 5.69 Å². The van der Waals surface area contributed by atoms with Gasteiger partial charge in [0.2, 0.25) is 5.95 Å². The van der Waals surface area contributed by atoms with Crippen LogP contribution >= 0.6 is 0 Å². The lowest BCUT2D eigenvalue weighted by Crippen LogP contribution is -2.17. The molecule has 0 fully saturated rings. The minimum absolute atomic E-state index is 0.141. The van der Waals surface area contributed by atoms with Gasteiger partial charge in [0.15, 0.2) is 5.65 Å². The second-order valence-electron chi connectivity index (χ2n) is 4.60. The van der Waals surface area contributed by atoms with Gasteiger partial charge in [-0.15, -0.1) is 0 Å². The molecule has 0 aliphatic rings. The molecule has 0 aliphatic heterocycles. The van der Waals surface area contributed by atoms with E-state index in [1.807, 2.05) is 12.1 Å². The highest BCUT2D eigenvalue weighted by atomic mass is 16.1. The van der Waals surface area contributed by atoms with Gasteiger partial charge >= 0.3 is 0 Å². The van der Waals surface area contributed by atoms with Crippen LogP contribution in [0.4, 0.5) is 5.95 Å². The van der Waals surface area contributed by atoms with Crippen molar-refractivity contribution in [3.8, 4) is 11.3 Å². The molecule has 0 spiro atoms. The highest BCUT2D eigenvalue weighted by molar-refractivity contribution is 5.97. The van der Waals surface area contributed by atoms with E-state index in [2.05, 4.69) is 20.4 Å². The van der Waals surface area contributed by atoms with Gasteiger partial charge in [0, 0.05) is 31.4 Å². The second kappa shape index (κ2) is 4.86. The van der Waals surface area contributed by atoms with Gasteiger partial charge < -0.3 is 11.1 Å². The predicted octanol–water partition coefficient (Wildman–Crippen LogP) is 0.972. The normalized spacial score (nSPS) is 10.8. The molecule has 0 saturated carbocycles. The number of nitrogens with zero attached hydrogens (tertiary/aromatic N) is 4. The zero-order valence-corrected chi connectivity index (χ0v) is 11.7. The first-order valence-electron chi connectivity index (χ1n) is 6.38. The zero-order chi connectivity index (χ0) is 15.0. The van der Waals surface area contributed by atoms with Crippen LogP contribution in [0.25, 0.3) is 22.3 Å². The number of hydrogen-bond donors (Lipinski definition) is 2. The number of anilines is 1. The molecule has 3 aromatic rings. The van der Waals surface area contributed by atoms with Gasteiger partial charge in [-0.3, -0.25) is 4.79 Å². The molecule has 0 atom stereocenters. The minimum Gasteiger partial charge on any atom is -0.368 e.